The normalized spacial score (nSPS) is 17.5. The van der Waals surface area contributed by atoms with E-state index in [1.165, 1.54) is 11.1 Å². The maximum Gasteiger partial charge on any atom is 0.0409 e. The molecule has 64 valence electrons. The predicted molar refractivity (Wildman–Crippen MR) is 49.8 cm³/mol. The smallest absolute Gasteiger partial charge is 0.0409 e. The molecule has 1 aromatic carbocycles. The van der Waals surface area contributed by atoms with Crippen LogP contribution in [0, 0.1) is 0 Å². The van der Waals surface area contributed by atoms with E-state index in [0.717, 1.165) is 24.5 Å². The average molecular weight is 183 g/mol. The van der Waals surface area contributed by atoms with Gasteiger partial charge in [-0.2, -0.15) is 0 Å². The van der Waals surface area contributed by atoms with Gasteiger partial charge in [0.2, 0.25) is 0 Å². The Morgan fingerprint density at radius 1 is 1.33 bits per heavy atom. The molecule has 2 N–H and O–H groups in total. The van der Waals surface area contributed by atoms with Gasteiger partial charge in [-0.15, -0.1) is 0 Å². The quantitative estimate of drug-likeness (QED) is 0.618. The third-order valence-electron chi connectivity index (χ3n) is 2.21. The van der Waals surface area contributed by atoms with Gasteiger partial charge in [-0.3, -0.25) is 5.84 Å². The average Bonchev–Trinajstić information content (AvgIpc) is 2.03. The summed E-state index contributed by atoms with van der Waals surface area (Å²) < 4.78 is 0. The summed E-state index contributed by atoms with van der Waals surface area (Å²) in [6.07, 6.45) is 1.03. The van der Waals surface area contributed by atoms with Crippen molar-refractivity contribution in [2.24, 2.45) is 5.84 Å². The SMILES string of the molecule is NN1CCc2ccc(Cl)cc2C1. The zero-order chi connectivity index (χ0) is 8.55. The van der Waals surface area contributed by atoms with Crippen LogP contribution in [0.2, 0.25) is 5.02 Å². The standard InChI is InChI=1S/C9H11ClN2/c10-9-2-1-7-3-4-12(11)6-8(7)5-9/h1-2,5H,3-4,6,11H2. The first kappa shape index (κ1) is 8.05. The number of benzene rings is 1. The van der Waals surface area contributed by atoms with Gasteiger partial charge in [-0.25, -0.2) is 5.01 Å². The lowest BCUT2D eigenvalue weighted by Gasteiger charge is -2.24. The second-order valence-corrected chi connectivity index (χ2v) is 3.57. The number of fused-ring (bicyclic) bond motifs is 1. The summed E-state index contributed by atoms with van der Waals surface area (Å²) in [6.45, 7) is 1.75. The highest BCUT2D eigenvalue weighted by molar-refractivity contribution is 6.30. The summed E-state index contributed by atoms with van der Waals surface area (Å²) in [5.41, 5.74) is 2.64. The third kappa shape index (κ3) is 1.46. The zero-order valence-electron chi connectivity index (χ0n) is 6.76. The van der Waals surface area contributed by atoms with Crippen LogP contribution in [-0.2, 0) is 13.0 Å². The van der Waals surface area contributed by atoms with E-state index in [9.17, 15) is 0 Å². The Balaban J connectivity index is 2.37. The highest BCUT2D eigenvalue weighted by Gasteiger charge is 2.12. The molecule has 0 fully saturated rings. The van der Waals surface area contributed by atoms with E-state index < -0.39 is 0 Å². The number of hydrazine groups is 1. The molecule has 0 amide bonds. The fraction of sp³-hybridized carbons (Fsp3) is 0.333. The highest BCUT2D eigenvalue weighted by Crippen LogP contribution is 2.20. The van der Waals surface area contributed by atoms with Gasteiger partial charge in [0.15, 0.2) is 0 Å². The van der Waals surface area contributed by atoms with Gasteiger partial charge in [0.05, 0.1) is 0 Å². The summed E-state index contributed by atoms with van der Waals surface area (Å²) in [5.74, 6) is 5.69. The Bertz CT molecular complexity index is 299. The fourth-order valence-corrected chi connectivity index (χ4v) is 1.74. The van der Waals surface area contributed by atoms with Crippen molar-refractivity contribution in [3.63, 3.8) is 0 Å². The van der Waals surface area contributed by atoms with Gasteiger partial charge in [0, 0.05) is 18.1 Å². The van der Waals surface area contributed by atoms with Crippen LogP contribution >= 0.6 is 11.6 Å². The molecule has 0 aliphatic carbocycles. The van der Waals surface area contributed by atoms with E-state index in [-0.39, 0.29) is 0 Å². The van der Waals surface area contributed by atoms with Gasteiger partial charge in [-0.1, -0.05) is 17.7 Å². The van der Waals surface area contributed by atoms with Crippen molar-refractivity contribution in [1.29, 1.82) is 0 Å². The molecule has 0 saturated heterocycles. The van der Waals surface area contributed by atoms with Gasteiger partial charge >= 0.3 is 0 Å². The fourth-order valence-electron chi connectivity index (χ4n) is 1.55. The van der Waals surface area contributed by atoms with Crippen LogP contribution in [0.15, 0.2) is 18.2 Å². The molecule has 12 heavy (non-hydrogen) atoms. The summed E-state index contributed by atoms with van der Waals surface area (Å²) in [5, 5.41) is 2.61. The molecule has 0 aromatic heterocycles. The molecule has 1 heterocycles. The minimum Gasteiger partial charge on any atom is -0.268 e. The Morgan fingerprint density at radius 3 is 3.00 bits per heavy atom. The van der Waals surface area contributed by atoms with Crippen LogP contribution in [0.25, 0.3) is 0 Å². The van der Waals surface area contributed by atoms with E-state index in [2.05, 4.69) is 6.07 Å². The van der Waals surface area contributed by atoms with Crippen LogP contribution in [0.3, 0.4) is 0 Å². The van der Waals surface area contributed by atoms with Crippen LogP contribution in [-0.4, -0.2) is 11.6 Å². The predicted octanol–water partition coefficient (Wildman–Crippen LogP) is 1.57. The van der Waals surface area contributed by atoms with Crippen molar-refractivity contribution in [3.8, 4) is 0 Å². The van der Waals surface area contributed by atoms with Crippen molar-refractivity contribution < 1.29 is 0 Å². The maximum atomic E-state index is 5.87. The second-order valence-electron chi connectivity index (χ2n) is 3.13. The molecule has 1 aliphatic rings. The molecule has 2 nitrogen and oxygen atoms in total. The number of halogens is 1. The van der Waals surface area contributed by atoms with Crippen molar-refractivity contribution in [3.05, 3.63) is 34.3 Å². The van der Waals surface area contributed by atoms with Crippen molar-refractivity contribution in [1.82, 2.24) is 5.01 Å². The Kier molecular flexibility index (Phi) is 2.05. The first-order chi connectivity index (χ1) is 5.75. The van der Waals surface area contributed by atoms with E-state index in [0.29, 0.717) is 0 Å². The second kappa shape index (κ2) is 3.05. The van der Waals surface area contributed by atoms with Gasteiger partial charge in [0.25, 0.3) is 0 Å². The number of nitrogens with two attached hydrogens (primary N) is 1. The number of hydrogen-bond donors (Lipinski definition) is 1. The van der Waals surface area contributed by atoms with Crippen molar-refractivity contribution in [2.45, 2.75) is 13.0 Å². The monoisotopic (exact) mass is 182 g/mol. The van der Waals surface area contributed by atoms with E-state index in [4.69, 9.17) is 17.4 Å². The molecule has 0 unspecified atom stereocenters. The molecular formula is C9H11ClN2. The zero-order valence-corrected chi connectivity index (χ0v) is 7.51. The molecule has 1 aliphatic heterocycles. The molecule has 0 atom stereocenters. The lowest BCUT2D eigenvalue weighted by Crippen LogP contribution is -2.36. The maximum absolute atomic E-state index is 5.87. The summed E-state index contributed by atoms with van der Waals surface area (Å²) >= 11 is 5.87. The minimum atomic E-state index is 0.795. The van der Waals surface area contributed by atoms with Crippen molar-refractivity contribution >= 4 is 11.6 Å². The number of rotatable bonds is 0. The van der Waals surface area contributed by atoms with Gasteiger partial charge < -0.3 is 0 Å². The minimum absolute atomic E-state index is 0.795. The van der Waals surface area contributed by atoms with Crippen LogP contribution < -0.4 is 5.84 Å². The topological polar surface area (TPSA) is 29.3 Å². The molecule has 1 aromatic rings. The molecule has 2 rings (SSSR count). The van der Waals surface area contributed by atoms with E-state index >= 15 is 0 Å². The Morgan fingerprint density at radius 2 is 2.17 bits per heavy atom. The summed E-state index contributed by atoms with van der Waals surface area (Å²) in [7, 11) is 0. The van der Waals surface area contributed by atoms with E-state index in [1.807, 2.05) is 17.1 Å². The number of hydrogen-bond acceptors (Lipinski definition) is 2. The van der Waals surface area contributed by atoms with Crippen LogP contribution in [0.1, 0.15) is 11.1 Å². The highest BCUT2D eigenvalue weighted by atomic mass is 35.5. The Hall–Kier alpha value is -0.570. The van der Waals surface area contributed by atoms with Crippen molar-refractivity contribution in [2.75, 3.05) is 6.54 Å². The molecule has 3 heteroatoms. The molecule has 0 saturated carbocycles. The lowest BCUT2D eigenvalue weighted by molar-refractivity contribution is 0.263. The van der Waals surface area contributed by atoms with Gasteiger partial charge in [-0.05, 0) is 29.7 Å². The summed E-state index contributed by atoms with van der Waals surface area (Å²) in [4.78, 5) is 0. The van der Waals surface area contributed by atoms with Crippen LogP contribution in [0.5, 0.6) is 0 Å². The largest absolute Gasteiger partial charge is 0.268 e. The molecule has 0 radical (unpaired) electrons. The molecule has 0 bridgehead atoms. The van der Waals surface area contributed by atoms with Gasteiger partial charge in [0.1, 0.15) is 0 Å². The first-order valence-corrected chi connectivity index (χ1v) is 4.40. The first-order valence-electron chi connectivity index (χ1n) is 4.02. The van der Waals surface area contributed by atoms with Crippen LogP contribution in [0.4, 0.5) is 0 Å². The molecule has 0 spiro atoms. The number of nitrogens with zero attached hydrogens (tertiary/aromatic N) is 1. The van der Waals surface area contributed by atoms with E-state index in [1.54, 1.807) is 0 Å². The molecular weight excluding hydrogens is 172 g/mol. The lowest BCUT2D eigenvalue weighted by atomic mass is 10.0. The third-order valence-corrected chi connectivity index (χ3v) is 2.45. The summed E-state index contributed by atoms with van der Waals surface area (Å²) in [6, 6.07) is 6.02. The Labute approximate surface area is 76.9 Å².